The van der Waals surface area contributed by atoms with Crippen LogP contribution in [0.2, 0.25) is 5.02 Å². The Balaban J connectivity index is 1.06. The minimum Gasteiger partial charge on any atom is -0.338 e. The summed E-state index contributed by atoms with van der Waals surface area (Å²) in [7, 11) is 0. The lowest BCUT2D eigenvalue weighted by molar-refractivity contribution is -0.140. The average Bonchev–Trinajstić information content (AvgIpc) is 3.32. The van der Waals surface area contributed by atoms with Crippen molar-refractivity contribution in [1.82, 2.24) is 9.97 Å². The molecule has 0 atom stereocenters. The molecular formula is C32H31ClN4O2. The SMILES string of the molecule is Cc1ccc(C(=O)Nc2ccc(-c3nc4ccc(NC(=O)C56CC7CC(CC(C7)C5)C6)cc4[nH]3)cc2)c(Cl)c1. The maximum absolute atomic E-state index is 13.5. The van der Waals surface area contributed by atoms with Gasteiger partial charge in [-0.1, -0.05) is 17.7 Å². The number of anilines is 2. The number of H-pyrrole nitrogens is 1. The summed E-state index contributed by atoms with van der Waals surface area (Å²) in [6.07, 6.45) is 7.12. The van der Waals surface area contributed by atoms with Crippen molar-refractivity contribution in [1.29, 1.82) is 0 Å². The highest BCUT2D eigenvalue weighted by atomic mass is 35.5. The molecule has 4 bridgehead atoms. The van der Waals surface area contributed by atoms with Gasteiger partial charge in [0, 0.05) is 16.9 Å². The normalized spacial score (nSPS) is 25.1. The van der Waals surface area contributed by atoms with Crippen molar-refractivity contribution in [2.75, 3.05) is 10.6 Å². The third-order valence-electron chi connectivity index (χ3n) is 9.05. The van der Waals surface area contributed by atoms with Gasteiger partial charge in [0.2, 0.25) is 5.91 Å². The Morgan fingerprint density at radius 2 is 1.54 bits per heavy atom. The van der Waals surface area contributed by atoms with Gasteiger partial charge in [-0.25, -0.2) is 4.98 Å². The second-order valence-corrected chi connectivity index (χ2v) is 12.4. The number of imidazole rings is 1. The molecule has 3 N–H and O–H groups in total. The van der Waals surface area contributed by atoms with Gasteiger partial charge in [0.05, 0.1) is 27.0 Å². The first-order chi connectivity index (χ1) is 18.8. The van der Waals surface area contributed by atoms with Crippen LogP contribution in [0.25, 0.3) is 22.4 Å². The predicted octanol–water partition coefficient (Wildman–Crippen LogP) is 7.60. The van der Waals surface area contributed by atoms with Gasteiger partial charge in [-0.05, 0) is 123 Å². The summed E-state index contributed by atoms with van der Waals surface area (Å²) in [4.78, 5) is 34.3. The van der Waals surface area contributed by atoms with Gasteiger partial charge in [-0.3, -0.25) is 9.59 Å². The van der Waals surface area contributed by atoms with Crippen LogP contribution >= 0.6 is 11.6 Å². The molecule has 2 amide bonds. The van der Waals surface area contributed by atoms with Crippen LogP contribution in [0.4, 0.5) is 11.4 Å². The monoisotopic (exact) mass is 538 g/mol. The summed E-state index contributed by atoms with van der Waals surface area (Å²) in [5.41, 5.74) is 5.36. The van der Waals surface area contributed by atoms with Gasteiger partial charge in [0.1, 0.15) is 5.82 Å². The first-order valence-corrected chi connectivity index (χ1v) is 14.2. The molecule has 0 unspecified atom stereocenters. The molecule has 1 heterocycles. The molecule has 0 spiro atoms. The number of hydrogen-bond donors (Lipinski definition) is 3. The van der Waals surface area contributed by atoms with Crippen LogP contribution in [0.3, 0.4) is 0 Å². The van der Waals surface area contributed by atoms with E-state index < -0.39 is 0 Å². The van der Waals surface area contributed by atoms with Crippen molar-refractivity contribution in [2.45, 2.75) is 45.4 Å². The first-order valence-electron chi connectivity index (χ1n) is 13.8. The van der Waals surface area contributed by atoms with E-state index in [1.54, 1.807) is 12.1 Å². The summed E-state index contributed by atoms with van der Waals surface area (Å²) in [6, 6.07) is 18.8. The molecule has 6 nitrogen and oxygen atoms in total. The van der Waals surface area contributed by atoms with Crippen molar-refractivity contribution in [2.24, 2.45) is 23.2 Å². The molecule has 7 heteroatoms. The van der Waals surface area contributed by atoms with Crippen LogP contribution in [0.15, 0.2) is 60.7 Å². The van der Waals surface area contributed by atoms with E-state index in [1.165, 1.54) is 19.3 Å². The Morgan fingerprint density at radius 3 is 2.21 bits per heavy atom. The highest BCUT2D eigenvalue weighted by Gasteiger charge is 2.54. The number of aromatic nitrogens is 2. The summed E-state index contributed by atoms with van der Waals surface area (Å²) in [5.74, 6) is 2.89. The van der Waals surface area contributed by atoms with E-state index in [0.29, 0.717) is 16.3 Å². The molecule has 4 fully saturated rings. The third-order valence-corrected chi connectivity index (χ3v) is 9.36. The lowest BCUT2D eigenvalue weighted by Gasteiger charge is -2.55. The number of carbonyl (C=O) groups is 2. The predicted molar refractivity (Wildman–Crippen MR) is 155 cm³/mol. The molecule has 1 aromatic heterocycles. The van der Waals surface area contributed by atoms with E-state index in [2.05, 4.69) is 15.6 Å². The van der Waals surface area contributed by atoms with E-state index in [-0.39, 0.29) is 17.2 Å². The van der Waals surface area contributed by atoms with E-state index in [1.807, 2.05) is 55.5 Å². The van der Waals surface area contributed by atoms with Crippen LogP contribution in [0.1, 0.15) is 54.4 Å². The Bertz CT molecular complexity index is 1570. The van der Waals surface area contributed by atoms with Crippen molar-refractivity contribution in [3.8, 4) is 11.4 Å². The number of carbonyl (C=O) groups excluding carboxylic acids is 2. The van der Waals surface area contributed by atoms with Gasteiger partial charge in [0.25, 0.3) is 5.91 Å². The summed E-state index contributed by atoms with van der Waals surface area (Å²) in [6.45, 7) is 1.94. The van der Waals surface area contributed by atoms with Crippen LogP contribution in [-0.4, -0.2) is 21.8 Å². The fraction of sp³-hybridized carbons (Fsp3) is 0.344. The fourth-order valence-electron chi connectivity index (χ4n) is 7.59. The van der Waals surface area contributed by atoms with E-state index in [0.717, 1.165) is 70.7 Å². The zero-order chi connectivity index (χ0) is 26.7. The topological polar surface area (TPSA) is 86.9 Å². The van der Waals surface area contributed by atoms with Crippen molar-refractivity contribution >= 4 is 45.8 Å². The van der Waals surface area contributed by atoms with E-state index >= 15 is 0 Å². The first kappa shape index (κ1) is 24.4. The lowest BCUT2D eigenvalue weighted by Crippen LogP contribution is -2.51. The number of nitrogens with zero attached hydrogens (tertiary/aromatic N) is 1. The number of fused-ring (bicyclic) bond motifs is 1. The fourth-order valence-corrected chi connectivity index (χ4v) is 7.91. The third kappa shape index (κ3) is 4.51. The molecule has 4 aliphatic carbocycles. The number of hydrogen-bond acceptors (Lipinski definition) is 3. The highest BCUT2D eigenvalue weighted by molar-refractivity contribution is 6.34. The zero-order valence-corrected chi connectivity index (χ0v) is 22.6. The standard InChI is InChI=1S/C32H31ClN4O2/c1-18-2-8-25(26(33)10-18)30(38)34-23-5-3-22(4-6-23)29-36-27-9-7-24(14-28(27)37-29)35-31(39)32-15-19-11-20(16-32)13-21(12-19)17-32/h2-10,14,19-21H,11-13,15-17H2,1H3,(H,34,38)(H,35,39)(H,36,37). The molecule has 4 aliphatic rings. The van der Waals surface area contributed by atoms with Gasteiger partial charge in [-0.15, -0.1) is 0 Å². The molecule has 39 heavy (non-hydrogen) atoms. The number of aryl methyl sites for hydroxylation is 1. The number of benzene rings is 3. The van der Waals surface area contributed by atoms with Crippen LogP contribution in [-0.2, 0) is 4.79 Å². The second kappa shape index (κ2) is 9.23. The van der Waals surface area contributed by atoms with Crippen LogP contribution in [0, 0.1) is 30.1 Å². The molecule has 0 radical (unpaired) electrons. The van der Waals surface area contributed by atoms with Gasteiger partial charge in [-0.2, -0.15) is 0 Å². The van der Waals surface area contributed by atoms with E-state index in [9.17, 15) is 9.59 Å². The van der Waals surface area contributed by atoms with Crippen molar-refractivity contribution in [3.63, 3.8) is 0 Å². The minimum absolute atomic E-state index is 0.176. The smallest absolute Gasteiger partial charge is 0.257 e. The van der Waals surface area contributed by atoms with Crippen molar-refractivity contribution < 1.29 is 9.59 Å². The molecule has 198 valence electrons. The highest BCUT2D eigenvalue weighted by Crippen LogP contribution is 2.60. The van der Waals surface area contributed by atoms with Gasteiger partial charge >= 0.3 is 0 Å². The Morgan fingerprint density at radius 1 is 0.872 bits per heavy atom. The average molecular weight is 539 g/mol. The lowest BCUT2D eigenvalue weighted by atomic mass is 9.49. The Kier molecular flexibility index (Phi) is 5.78. The Hall–Kier alpha value is -3.64. The minimum atomic E-state index is -0.250. The molecule has 0 saturated heterocycles. The maximum Gasteiger partial charge on any atom is 0.257 e. The number of nitrogens with one attached hydrogen (secondary N) is 3. The number of rotatable bonds is 5. The number of amides is 2. The largest absolute Gasteiger partial charge is 0.338 e. The van der Waals surface area contributed by atoms with E-state index in [4.69, 9.17) is 16.6 Å². The van der Waals surface area contributed by atoms with Crippen LogP contribution < -0.4 is 10.6 Å². The van der Waals surface area contributed by atoms with Crippen LogP contribution in [0.5, 0.6) is 0 Å². The molecule has 0 aliphatic heterocycles. The Labute approximate surface area is 232 Å². The van der Waals surface area contributed by atoms with Crippen molar-refractivity contribution in [3.05, 3.63) is 76.8 Å². The maximum atomic E-state index is 13.5. The molecule has 4 aromatic rings. The zero-order valence-electron chi connectivity index (χ0n) is 21.9. The van der Waals surface area contributed by atoms with Gasteiger partial charge in [0.15, 0.2) is 0 Å². The molecule has 3 aromatic carbocycles. The quantitative estimate of drug-likeness (QED) is 0.244. The summed E-state index contributed by atoms with van der Waals surface area (Å²) < 4.78 is 0. The molecule has 8 rings (SSSR count). The van der Waals surface area contributed by atoms with Gasteiger partial charge < -0.3 is 15.6 Å². The summed E-state index contributed by atoms with van der Waals surface area (Å²) in [5, 5.41) is 6.58. The second-order valence-electron chi connectivity index (χ2n) is 12.0. The number of aromatic amines is 1. The summed E-state index contributed by atoms with van der Waals surface area (Å²) >= 11 is 6.25. The number of halogens is 1. The molecule has 4 saturated carbocycles. The molecular weight excluding hydrogens is 508 g/mol.